The first-order valence-electron chi connectivity index (χ1n) is 7.95. The van der Waals surface area contributed by atoms with Crippen LogP contribution in [0.4, 0.5) is 0 Å². The number of nitrogens with one attached hydrogen (secondary N) is 2. The minimum Gasteiger partial charge on any atom is -0.483 e. The van der Waals surface area contributed by atoms with E-state index >= 15 is 0 Å². The average Bonchev–Trinajstić information content (AvgIpc) is 2.57. The van der Waals surface area contributed by atoms with E-state index in [2.05, 4.69) is 47.3 Å². The molecule has 2 rings (SSSR count). The van der Waals surface area contributed by atoms with Crippen LogP contribution in [0.3, 0.4) is 0 Å². The van der Waals surface area contributed by atoms with E-state index in [9.17, 15) is 9.59 Å². The smallest absolute Gasteiger partial charge is 0.276 e. The molecule has 2 amide bonds. The number of hydrogen-bond donors (Lipinski definition) is 2. The second kappa shape index (κ2) is 8.84. The molecule has 0 radical (unpaired) electrons. The van der Waals surface area contributed by atoms with Gasteiger partial charge < -0.3 is 4.74 Å². The van der Waals surface area contributed by atoms with Crippen LogP contribution in [0.2, 0.25) is 0 Å². The fraction of sp³-hybridized carbons (Fsp3) is 0.263. The van der Waals surface area contributed by atoms with Gasteiger partial charge in [-0.25, -0.2) is 0 Å². The molecule has 0 aliphatic carbocycles. The summed E-state index contributed by atoms with van der Waals surface area (Å²) in [7, 11) is 0. The van der Waals surface area contributed by atoms with Gasteiger partial charge in [-0.3, -0.25) is 20.4 Å². The van der Waals surface area contributed by atoms with Crippen LogP contribution in [-0.2, 0) is 4.79 Å². The quantitative estimate of drug-likeness (QED) is 0.539. The Morgan fingerprint density at radius 1 is 1.12 bits per heavy atom. The monoisotopic (exact) mass is 452 g/mol. The number of hydrazine groups is 1. The third-order valence-electron chi connectivity index (χ3n) is 3.55. The van der Waals surface area contributed by atoms with E-state index in [1.54, 1.807) is 18.2 Å². The van der Waals surface area contributed by atoms with E-state index in [0.29, 0.717) is 17.2 Å². The number of ether oxygens (including phenoxy) is 1. The van der Waals surface area contributed by atoms with E-state index < -0.39 is 5.91 Å². The summed E-state index contributed by atoms with van der Waals surface area (Å²) in [5.41, 5.74) is 7.34. The van der Waals surface area contributed by atoms with Crippen molar-refractivity contribution in [3.63, 3.8) is 0 Å². The van der Waals surface area contributed by atoms with E-state index in [1.807, 2.05) is 31.2 Å². The van der Waals surface area contributed by atoms with Crippen LogP contribution in [0.15, 0.2) is 42.5 Å². The van der Waals surface area contributed by atoms with Crippen LogP contribution in [-0.4, -0.2) is 18.4 Å². The van der Waals surface area contributed by atoms with Gasteiger partial charge in [0.2, 0.25) is 0 Å². The Morgan fingerprint density at radius 3 is 2.56 bits per heavy atom. The molecule has 0 bridgehead atoms. The maximum atomic E-state index is 12.0. The standard InChI is InChI=1S/C19H21IN2O3/c1-12(2)16-8-7-13(3)9-17(16)25-11-18(23)21-22-19(24)14-5-4-6-15(20)10-14/h4-10,12H,11H2,1-3H3,(H,21,23)(H,22,24). The van der Waals surface area contributed by atoms with Crippen LogP contribution in [0.25, 0.3) is 0 Å². The summed E-state index contributed by atoms with van der Waals surface area (Å²) in [6.07, 6.45) is 0. The first-order valence-corrected chi connectivity index (χ1v) is 9.03. The zero-order valence-corrected chi connectivity index (χ0v) is 16.6. The van der Waals surface area contributed by atoms with Gasteiger partial charge in [-0.1, -0.05) is 32.0 Å². The normalized spacial score (nSPS) is 10.4. The predicted molar refractivity (Wildman–Crippen MR) is 106 cm³/mol. The van der Waals surface area contributed by atoms with Gasteiger partial charge in [0.1, 0.15) is 5.75 Å². The molecule has 132 valence electrons. The summed E-state index contributed by atoms with van der Waals surface area (Å²) in [6.45, 7) is 5.94. The lowest BCUT2D eigenvalue weighted by Crippen LogP contribution is -2.43. The molecule has 5 nitrogen and oxygen atoms in total. The Kier molecular flexibility index (Phi) is 6.81. The largest absolute Gasteiger partial charge is 0.483 e. The number of carbonyl (C=O) groups is 2. The van der Waals surface area contributed by atoms with Gasteiger partial charge in [0.25, 0.3) is 11.8 Å². The molecule has 0 fully saturated rings. The number of amides is 2. The molecule has 0 aliphatic heterocycles. The molecular weight excluding hydrogens is 431 g/mol. The average molecular weight is 452 g/mol. The Bertz CT molecular complexity index is 775. The van der Waals surface area contributed by atoms with Crippen molar-refractivity contribution in [1.29, 1.82) is 0 Å². The summed E-state index contributed by atoms with van der Waals surface area (Å²) in [5.74, 6) is 0.188. The number of aryl methyl sites for hydroxylation is 1. The summed E-state index contributed by atoms with van der Waals surface area (Å²) < 4.78 is 6.58. The Labute approximate surface area is 161 Å². The van der Waals surface area contributed by atoms with Crippen LogP contribution < -0.4 is 15.6 Å². The topological polar surface area (TPSA) is 67.4 Å². The van der Waals surface area contributed by atoms with E-state index in [0.717, 1.165) is 14.7 Å². The molecule has 25 heavy (non-hydrogen) atoms. The number of halogens is 1. The number of hydrogen-bond acceptors (Lipinski definition) is 3. The number of benzene rings is 2. The molecule has 0 unspecified atom stereocenters. The maximum absolute atomic E-state index is 12.0. The highest BCUT2D eigenvalue weighted by molar-refractivity contribution is 14.1. The van der Waals surface area contributed by atoms with Gasteiger partial charge in [0.15, 0.2) is 6.61 Å². The van der Waals surface area contributed by atoms with Gasteiger partial charge >= 0.3 is 0 Å². The summed E-state index contributed by atoms with van der Waals surface area (Å²) >= 11 is 2.12. The SMILES string of the molecule is Cc1ccc(C(C)C)c(OCC(=O)NNC(=O)c2cccc(I)c2)c1. The highest BCUT2D eigenvalue weighted by atomic mass is 127. The summed E-state index contributed by atoms with van der Waals surface area (Å²) in [6, 6.07) is 13.0. The van der Waals surface area contributed by atoms with Crippen molar-refractivity contribution in [2.24, 2.45) is 0 Å². The third-order valence-corrected chi connectivity index (χ3v) is 4.22. The second-order valence-electron chi connectivity index (χ2n) is 6.00. The van der Waals surface area contributed by atoms with Crippen LogP contribution in [0.5, 0.6) is 5.75 Å². The minimum atomic E-state index is -0.421. The Morgan fingerprint density at radius 2 is 1.88 bits per heavy atom. The number of carbonyl (C=O) groups excluding carboxylic acids is 2. The molecule has 0 spiro atoms. The predicted octanol–water partition coefficient (Wildman–Crippen LogP) is 3.56. The van der Waals surface area contributed by atoms with Crippen molar-refractivity contribution in [3.8, 4) is 5.75 Å². The molecule has 0 aromatic heterocycles. The molecule has 0 atom stereocenters. The highest BCUT2D eigenvalue weighted by Crippen LogP contribution is 2.27. The van der Waals surface area contributed by atoms with Crippen LogP contribution >= 0.6 is 22.6 Å². The van der Waals surface area contributed by atoms with Crippen molar-refractivity contribution in [3.05, 3.63) is 62.7 Å². The molecule has 2 aromatic carbocycles. The van der Waals surface area contributed by atoms with Crippen molar-refractivity contribution < 1.29 is 14.3 Å². The highest BCUT2D eigenvalue weighted by Gasteiger charge is 2.11. The van der Waals surface area contributed by atoms with Gasteiger partial charge in [-0.2, -0.15) is 0 Å². The van der Waals surface area contributed by atoms with Gasteiger partial charge in [-0.05, 0) is 70.8 Å². The van der Waals surface area contributed by atoms with E-state index in [4.69, 9.17) is 4.74 Å². The molecule has 0 aliphatic rings. The zero-order chi connectivity index (χ0) is 18.4. The molecule has 0 saturated carbocycles. The van der Waals surface area contributed by atoms with Crippen molar-refractivity contribution >= 4 is 34.4 Å². The van der Waals surface area contributed by atoms with Crippen LogP contribution in [0, 0.1) is 10.5 Å². The fourth-order valence-electron chi connectivity index (χ4n) is 2.25. The van der Waals surface area contributed by atoms with E-state index in [1.165, 1.54) is 0 Å². The molecule has 2 aromatic rings. The Balaban J connectivity index is 1.89. The van der Waals surface area contributed by atoms with Crippen molar-refractivity contribution in [2.45, 2.75) is 26.7 Å². The molecule has 0 saturated heterocycles. The molecule has 6 heteroatoms. The maximum Gasteiger partial charge on any atom is 0.276 e. The lowest BCUT2D eigenvalue weighted by atomic mass is 10.0. The lowest BCUT2D eigenvalue weighted by Gasteiger charge is -2.15. The molecule has 0 heterocycles. The zero-order valence-electron chi connectivity index (χ0n) is 14.4. The van der Waals surface area contributed by atoms with Crippen LogP contribution in [0.1, 0.15) is 41.3 Å². The summed E-state index contributed by atoms with van der Waals surface area (Å²) in [5, 5.41) is 0. The number of rotatable bonds is 5. The van der Waals surface area contributed by atoms with Crippen molar-refractivity contribution in [1.82, 2.24) is 10.9 Å². The van der Waals surface area contributed by atoms with Crippen molar-refractivity contribution in [2.75, 3.05) is 6.61 Å². The first kappa shape index (κ1) is 19.2. The van der Waals surface area contributed by atoms with Gasteiger partial charge in [0.05, 0.1) is 0 Å². The van der Waals surface area contributed by atoms with Gasteiger partial charge in [-0.15, -0.1) is 0 Å². The second-order valence-corrected chi connectivity index (χ2v) is 7.24. The fourth-order valence-corrected chi connectivity index (χ4v) is 2.79. The van der Waals surface area contributed by atoms with E-state index in [-0.39, 0.29) is 12.5 Å². The molecular formula is C19H21IN2O3. The molecule has 2 N–H and O–H groups in total. The Hall–Kier alpha value is -2.09. The first-order chi connectivity index (χ1) is 11.9. The summed E-state index contributed by atoms with van der Waals surface area (Å²) in [4.78, 5) is 23.9. The third kappa shape index (κ3) is 5.74. The lowest BCUT2D eigenvalue weighted by molar-refractivity contribution is -0.123. The van der Waals surface area contributed by atoms with Gasteiger partial charge in [0, 0.05) is 9.13 Å². The minimum absolute atomic E-state index is 0.171.